The molecule has 1 fully saturated rings. The summed E-state index contributed by atoms with van der Waals surface area (Å²) < 4.78 is 7.33. The first-order valence-electron chi connectivity index (χ1n) is 8.74. The van der Waals surface area contributed by atoms with E-state index in [0.29, 0.717) is 19.0 Å². The smallest absolute Gasteiger partial charge is 0.317 e. The van der Waals surface area contributed by atoms with Crippen LogP contribution < -0.4 is 5.32 Å². The first-order chi connectivity index (χ1) is 12.1. The maximum Gasteiger partial charge on any atom is 0.317 e. The number of rotatable bonds is 4. The van der Waals surface area contributed by atoms with Gasteiger partial charge in [0.25, 0.3) is 0 Å². The number of urea groups is 1. The topological polar surface area (TPSA) is 59.4 Å². The Bertz CT molecular complexity index is 713. The average molecular weight is 342 g/mol. The molecule has 2 amide bonds. The molecule has 2 aromatic rings. The zero-order valence-corrected chi connectivity index (χ0v) is 15.1. The maximum absolute atomic E-state index is 12.5. The third-order valence-electron chi connectivity index (χ3n) is 4.93. The minimum absolute atomic E-state index is 0.0409. The number of likely N-dealkylation sites (tertiary alicyclic amines) is 1. The Labute approximate surface area is 148 Å². The molecule has 2 heterocycles. The molecule has 25 heavy (non-hydrogen) atoms. The Kier molecular flexibility index (Phi) is 5.38. The van der Waals surface area contributed by atoms with Crippen molar-refractivity contribution in [3.05, 3.63) is 47.8 Å². The first-order valence-corrected chi connectivity index (χ1v) is 8.74. The van der Waals surface area contributed by atoms with Crippen molar-refractivity contribution in [3.8, 4) is 5.69 Å². The van der Waals surface area contributed by atoms with Crippen LogP contribution in [0.3, 0.4) is 0 Å². The molecule has 1 aliphatic rings. The van der Waals surface area contributed by atoms with Crippen molar-refractivity contribution in [1.29, 1.82) is 0 Å². The molecule has 1 aromatic heterocycles. The van der Waals surface area contributed by atoms with Gasteiger partial charge in [0, 0.05) is 38.5 Å². The number of methoxy groups -OCH3 is 1. The highest BCUT2D eigenvalue weighted by molar-refractivity contribution is 5.74. The molecule has 6 heteroatoms. The molecule has 0 radical (unpaired) electrons. The van der Waals surface area contributed by atoms with Gasteiger partial charge in [0.1, 0.15) is 0 Å². The van der Waals surface area contributed by atoms with Gasteiger partial charge in [-0.1, -0.05) is 25.1 Å². The summed E-state index contributed by atoms with van der Waals surface area (Å²) in [6, 6.07) is 9.92. The van der Waals surface area contributed by atoms with E-state index in [4.69, 9.17) is 4.74 Å². The predicted molar refractivity (Wildman–Crippen MR) is 96.7 cm³/mol. The summed E-state index contributed by atoms with van der Waals surface area (Å²) in [5.74, 6) is 0.486. The van der Waals surface area contributed by atoms with Crippen LogP contribution in [0.2, 0.25) is 0 Å². The van der Waals surface area contributed by atoms with Crippen LogP contribution in [0.15, 0.2) is 36.5 Å². The molecule has 0 aliphatic carbocycles. The Morgan fingerprint density at radius 2 is 2.12 bits per heavy atom. The fourth-order valence-electron chi connectivity index (χ4n) is 3.19. The van der Waals surface area contributed by atoms with E-state index in [1.807, 2.05) is 53.0 Å². The number of aromatic nitrogens is 2. The van der Waals surface area contributed by atoms with Gasteiger partial charge in [0.05, 0.1) is 17.5 Å². The standard InChI is InChI=1S/C19H26N4O2/c1-14-9-10-22(13-18(14)25-3)19(24)20-11-16-12-23(21-15(16)2)17-7-5-4-6-8-17/h4-8,12,14,18H,9-11,13H2,1-3H3,(H,20,24)/t14-,18-/m1/s1. The second-order valence-electron chi connectivity index (χ2n) is 6.66. The lowest BCUT2D eigenvalue weighted by atomic mass is 9.96. The molecule has 2 atom stereocenters. The minimum atomic E-state index is -0.0409. The van der Waals surface area contributed by atoms with Gasteiger partial charge in [-0.2, -0.15) is 5.10 Å². The molecule has 1 aromatic carbocycles. The van der Waals surface area contributed by atoms with Crippen LogP contribution in [0, 0.1) is 12.8 Å². The number of carbonyl (C=O) groups is 1. The summed E-state index contributed by atoms with van der Waals surface area (Å²) in [5, 5.41) is 7.55. The van der Waals surface area contributed by atoms with Gasteiger partial charge in [0.2, 0.25) is 0 Å². The van der Waals surface area contributed by atoms with Crippen LogP contribution in [-0.4, -0.2) is 47.0 Å². The van der Waals surface area contributed by atoms with E-state index < -0.39 is 0 Å². The molecule has 1 saturated heterocycles. The predicted octanol–water partition coefficient (Wildman–Crippen LogP) is 2.75. The lowest BCUT2D eigenvalue weighted by Crippen LogP contribution is -2.50. The van der Waals surface area contributed by atoms with Gasteiger partial charge in [-0.3, -0.25) is 0 Å². The Morgan fingerprint density at radius 3 is 2.84 bits per heavy atom. The van der Waals surface area contributed by atoms with Crippen molar-refractivity contribution in [1.82, 2.24) is 20.0 Å². The molecule has 0 unspecified atom stereocenters. The van der Waals surface area contributed by atoms with Crippen molar-refractivity contribution < 1.29 is 9.53 Å². The second kappa shape index (κ2) is 7.70. The lowest BCUT2D eigenvalue weighted by Gasteiger charge is -2.36. The highest BCUT2D eigenvalue weighted by atomic mass is 16.5. The number of para-hydroxylation sites is 1. The lowest BCUT2D eigenvalue weighted by molar-refractivity contribution is 0.00714. The number of piperidine rings is 1. The van der Waals surface area contributed by atoms with Crippen molar-refractivity contribution in [3.63, 3.8) is 0 Å². The van der Waals surface area contributed by atoms with Gasteiger partial charge in [-0.15, -0.1) is 0 Å². The fourth-order valence-corrected chi connectivity index (χ4v) is 3.19. The van der Waals surface area contributed by atoms with Crippen molar-refractivity contribution in [2.24, 2.45) is 5.92 Å². The summed E-state index contributed by atoms with van der Waals surface area (Å²) in [6.45, 7) is 6.03. The van der Waals surface area contributed by atoms with Gasteiger partial charge >= 0.3 is 6.03 Å². The van der Waals surface area contributed by atoms with Crippen LogP contribution in [0.4, 0.5) is 4.79 Å². The molecule has 0 spiro atoms. The number of ether oxygens (including phenoxy) is 1. The molecule has 1 aliphatic heterocycles. The van der Waals surface area contributed by atoms with E-state index >= 15 is 0 Å². The summed E-state index contributed by atoms with van der Waals surface area (Å²) >= 11 is 0. The van der Waals surface area contributed by atoms with Crippen LogP contribution in [0.25, 0.3) is 5.69 Å². The van der Waals surface area contributed by atoms with Crippen molar-refractivity contribution in [2.75, 3.05) is 20.2 Å². The second-order valence-corrected chi connectivity index (χ2v) is 6.66. The van der Waals surface area contributed by atoms with E-state index in [9.17, 15) is 4.79 Å². The number of amides is 2. The minimum Gasteiger partial charge on any atom is -0.379 e. The van der Waals surface area contributed by atoms with Crippen LogP contribution in [-0.2, 0) is 11.3 Å². The number of hydrogen-bond acceptors (Lipinski definition) is 3. The van der Waals surface area contributed by atoms with Gasteiger partial charge in [-0.25, -0.2) is 9.48 Å². The molecule has 0 saturated carbocycles. The summed E-state index contributed by atoms with van der Waals surface area (Å²) in [7, 11) is 1.71. The SMILES string of the molecule is CO[C@@H]1CN(C(=O)NCc2cn(-c3ccccc3)nc2C)CC[C@H]1C. The Morgan fingerprint density at radius 1 is 1.36 bits per heavy atom. The zero-order chi connectivity index (χ0) is 17.8. The van der Waals surface area contributed by atoms with Gasteiger partial charge in [-0.05, 0) is 31.4 Å². The summed E-state index contributed by atoms with van der Waals surface area (Å²) in [5.41, 5.74) is 2.95. The molecule has 3 rings (SSSR count). The number of hydrogen-bond donors (Lipinski definition) is 1. The van der Waals surface area contributed by atoms with Crippen LogP contribution in [0.1, 0.15) is 24.6 Å². The monoisotopic (exact) mass is 342 g/mol. The molecule has 0 bridgehead atoms. The summed E-state index contributed by atoms with van der Waals surface area (Å²) in [6.07, 6.45) is 3.06. The molecule has 1 N–H and O–H groups in total. The fraction of sp³-hybridized carbons (Fsp3) is 0.474. The third kappa shape index (κ3) is 4.02. The quantitative estimate of drug-likeness (QED) is 0.929. The Balaban J connectivity index is 1.60. The largest absolute Gasteiger partial charge is 0.379 e. The number of aryl methyl sites for hydroxylation is 1. The summed E-state index contributed by atoms with van der Waals surface area (Å²) in [4.78, 5) is 14.3. The van der Waals surface area contributed by atoms with E-state index in [1.54, 1.807) is 7.11 Å². The third-order valence-corrected chi connectivity index (χ3v) is 4.93. The van der Waals surface area contributed by atoms with Gasteiger partial charge < -0.3 is 15.0 Å². The van der Waals surface area contributed by atoms with Crippen molar-refractivity contribution >= 4 is 6.03 Å². The highest BCUT2D eigenvalue weighted by Crippen LogP contribution is 2.19. The normalized spacial score (nSPS) is 20.5. The van der Waals surface area contributed by atoms with Crippen molar-refractivity contribution in [2.45, 2.75) is 32.9 Å². The number of benzene rings is 1. The van der Waals surface area contributed by atoms with E-state index in [-0.39, 0.29) is 12.1 Å². The number of nitrogens with one attached hydrogen (secondary N) is 1. The number of carbonyl (C=O) groups excluding carboxylic acids is 1. The molecule has 6 nitrogen and oxygen atoms in total. The maximum atomic E-state index is 12.5. The van der Waals surface area contributed by atoms with Gasteiger partial charge in [0.15, 0.2) is 0 Å². The van der Waals surface area contributed by atoms with E-state index in [2.05, 4.69) is 17.3 Å². The Hall–Kier alpha value is -2.34. The highest BCUT2D eigenvalue weighted by Gasteiger charge is 2.28. The molecule has 134 valence electrons. The molecular weight excluding hydrogens is 316 g/mol. The number of nitrogens with zero attached hydrogens (tertiary/aromatic N) is 3. The van der Waals surface area contributed by atoms with Crippen LogP contribution in [0.5, 0.6) is 0 Å². The average Bonchev–Trinajstić information content (AvgIpc) is 3.01. The molecular formula is C19H26N4O2. The van der Waals surface area contributed by atoms with Crippen LogP contribution >= 0.6 is 0 Å². The van der Waals surface area contributed by atoms with E-state index in [1.165, 1.54) is 0 Å². The van der Waals surface area contributed by atoms with E-state index in [0.717, 1.165) is 29.9 Å². The first kappa shape index (κ1) is 17.5. The zero-order valence-electron chi connectivity index (χ0n) is 15.1.